The molecule has 0 saturated heterocycles. The summed E-state index contributed by atoms with van der Waals surface area (Å²) in [5.74, 6) is 1.64. The highest BCUT2D eigenvalue weighted by Gasteiger charge is 2.24. The van der Waals surface area contributed by atoms with Crippen LogP contribution in [0.2, 0.25) is 0 Å². The number of hydrogen-bond donors (Lipinski definition) is 1. The molecule has 0 fully saturated rings. The maximum Gasteiger partial charge on any atom is 0.126 e. The van der Waals surface area contributed by atoms with Crippen LogP contribution >= 0.6 is 0 Å². The predicted molar refractivity (Wildman–Crippen MR) is 85.9 cm³/mol. The monoisotopic (exact) mass is 277 g/mol. The molecule has 3 aromatic rings. The number of benzene rings is 2. The summed E-state index contributed by atoms with van der Waals surface area (Å²) in [5.41, 5.74) is 8.43. The number of fused-ring (bicyclic) bond motifs is 2. The Morgan fingerprint density at radius 1 is 1.14 bits per heavy atom. The molecule has 2 aromatic carbocycles. The molecule has 106 valence electrons. The molecule has 0 spiro atoms. The second-order valence-electron chi connectivity index (χ2n) is 6.15. The van der Waals surface area contributed by atoms with E-state index in [4.69, 9.17) is 10.7 Å². The van der Waals surface area contributed by atoms with Gasteiger partial charge in [0.1, 0.15) is 5.82 Å². The van der Waals surface area contributed by atoms with Gasteiger partial charge in [0, 0.05) is 18.3 Å². The fourth-order valence-electron chi connectivity index (χ4n) is 3.31. The zero-order valence-electron chi connectivity index (χ0n) is 12.2. The molecule has 2 unspecified atom stereocenters. The molecule has 3 nitrogen and oxygen atoms in total. The minimum absolute atomic E-state index is 0.0583. The van der Waals surface area contributed by atoms with Crippen LogP contribution in [0.3, 0.4) is 0 Å². The number of rotatable bonds is 1. The zero-order chi connectivity index (χ0) is 14.4. The fourth-order valence-corrected chi connectivity index (χ4v) is 3.31. The van der Waals surface area contributed by atoms with Gasteiger partial charge in [-0.1, -0.05) is 43.3 Å². The van der Waals surface area contributed by atoms with Gasteiger partial charge in [-0.05, 0) is 29.2 Å². The summed E-state index contributed by atoms with van der Waals surface area (Å²) in [6.45, 7) is 3.27. The van der Waals surface area contributed by atoms with Crippen LogP contribution < -0.4 is 5.73 Å². The minimum atomic E-state index is 0.0583. The van der Waals surface area contributed by atoms with Crippen LogP contribution in [0.15, 0.2) is 48.7 Å². The van der Waals surface area contributed by atoms with Gasteiger partial charge in [-0.3, -0.25) is 0 Å². The summed E-state index contributed by atoms with van der Waals surface area (Å²) in [6, 6.07) is 15.0. The second-order valence-corrected chi connectivity index (χ2v) is 6.15. The lowest BCUT2D eigenvalue weighted by atomic mass is 9.98. The van der Waals surface area contributed by atoms with Crippen LogP contribution in [0, 0.1) is 5.92 Å². The lowest BCUT2D eigenvalue weighted by Crippen LogP contribution is -2.26. The van der Waals surface area contributed by atoms with E-state index in [2.05, 4.69) is 60.2 Å². The van der Waals surface area contributed by atoms with E-state index in [1.54, 1.807) is 0 Å². The Morgan fingerprint density at radius 3 is 2.81 bits per heavy atom. The van der Waals surface area contributed by atoms with Crippen molar-refractivity contribution in [2.45, 2.75) is 25.9 Å². The van der Waals surface area contributed by atoms with Crippen molar-refractivity contribution in [1.82, 2.24) is 9.55 Å². The Morgan fingerprint density at radius 2 is 1.95 bits per heavy atom. The van der Waals surface area contributed by atoms with E-state index in [1.807, 2.05) is 0 Å². The molecule has 0 radical (unpaired) electrons. The molecule has 1 aliphatic heterocycles. The van der Waals surface area contributed by atoms with E-state index in [1.165, 1.54) is 10.8 Å². The standard InChI is InChI=1S/C18H19N3/c1-12-8-16(19)18-20-17(11-21(18)10-12)15-7-6-13-4-2-3-5-14(13)9-15/h2-7,9,11-12,16H,8,10,19H2,1H3. The van der Waals surface area contributed by atoms with Crippen LogP contribution in [-0.4, -0.2) is 9.55 Å². The highest BCUT2D eigenvalue weighted by atomic mass is 15.1. The Balaban J connectivity index is 1.80. The maximum atomic E-state index is 6.24. The molecule has 0 bridgehead atoms. The summed E-state index contributed by atoms with van der Waals surface area (Å²) in [6.07, 6.45) is 3.17. The van der Waals surface area contributed by atoms with Crippen molar-refractivity contribution < 1.29 is 0 Å². The minimum Gasteiger partial charge on any atom is -0.333 e. The van der Waals surface area contributed by atoms with Gasteiger partial charge in [0.25, 0.3) is 0 Å². The molecule has 0 aliphatic carbocycles. The summed E-state index contributed by atoms with van der Waals surface area (Å²) in [7, 11) is 0. The molecule has 4 rings (SSSR count). The Bertz CT molecular complexity index is 803. The van der Waals surface area contributed by atoms with Crippen molar-refractivity contribution in [2.75, 3.05) is 0 Å². The van der Waals surface area contributed by atoms with Gasteiger partial charge in [0.15, 0.2) is 0 Å². The first kappa shape index (κ1) is 12.6. The van der Waals surface area contributed by atoms with Gasteiger partial charge >= 0.3 is 0 Å². The normalized spacial score (nSPS) is 21.4. The summed E-state index contributed by atoms with van der Waals surface area (Å²) in [4.78, 5) is 4.78. The first-order valence-electron chi connectivity index (χ1n) is 7.52. The maximum absolute atomic E-state index is 6.24. The van der Waals surface area contributed by atoms with Crippen molar-refractivity contribution >= 4 is 10.8 Å². The van der Waals surface area contributed by atoms with Crippen molar-refractivity contribution in [2.24, 2.45) is 11.7 Å². The molecule has 1 aromatic heterocycles. The summed E-state index contributed by atoms with van der Waals surface area (Å²) >= 11 is 0. The molecule has 0 saturated carbocycles. The van der Waals surface area contributed by atoms with Crippen LogP contribution in [-0.2, 0) is 6.54 Å². The quantitative estimate of drug-likeness (QED) is 0.736. The molecular weight excluding hydrogens is 258 g/mol. The van der Waals surface area contributed by atoms with Crippen molar-refractivity contribution in [3.63, 3.8) is 0 Å². The van der Waals surface area contributed by atoms with E-state index in [9.17, 15) is 0 Å². The van der Waals surface area contributed by atoms with Crippen LogP contribution in [0.5, 0.6) is 0 Å². The Labute approximate surface area is 124 Å². The lowest BCUT2D eigenvalue weighted by Gasteiger charge is -2.25. The Kier molecular flexibility index (Phi) is 2.82. The fraction of sp³-hybridized carbons (Fsp3) is 0.278. The number of nitrogens with two attached hydrogens (primary N) is 1. The highest BCUT2D eigenvalue weighted by Crippen LogP contribution is 2.30. The number of hydrogen-bond acceptors (Lipinski definition) is 2. The van der Waals surface area contributed by atoms with E-state index in [0.29, 0.717) is 5.92 Å². The SMILES string of the molecule is CC1CC(N)c2nc(-c3ccc4ccccc4c3)cn2C1. The largest absolute Gasteiger partial charge is 0.333 e. The molecule has 3 heteroatoms. The average Bonchev–Trinajstić information content (AvgIpc) is 2.91. The average molecular weight is 277 g/mol. The number of imidazole rings is 1. The smallest absolute Gasteiger partial charge is 0.126 e. The molecule has 1 aliphatic rings. The third kappa shape index (κ3) is 2.14. The van der Waals surface area contributed by atoms with Gasteiger partial charge in [-0.15, -0.1) is 0 Å². The second kappa shape index (κ2) is 4.71. The van der Waals surface area contributed by atoms with Crippen molar-refractivity contribution in [3.05, 3.63) is 54.5 Å². The van der Waals surface area contributed by atoms with E-state index in [-0.39, 0.29) is 6.04 Å². The Hall–Kier alpha value is -2.13. The third-order valence-electron chi connectivity index (χ3n) is 4.35. The van der Waals surface area contributed by atoms with Gasteiger partial charge in [-0.2, -0.15) is 0 Å². The number of nitrogens with zero attached hydrogens (tertiary/aromatic N) is 2. The van der Waals surface area contributed by atoms with Crippen molar-refractivity contribution in [3.8, 4) is 11.3 Å². The summed E-state index contributed by atoms with van der Waals surface area (Å²) < 4.78 is 2.23. The molecular formula is C18H19N3. The van der Waals surface area contributed by atoms with E-state index < -0.39 is 0 Å². The topological polar surface area (TPSA) is 43.8 Å². The van der Waals surface area contributed by atoms with E-state index >= 15 is 0 Å². The van der Waals surface area contributed by atoms with Crippen LogP contribution in [0.4, 0.5) is 0 Å². The van der Waals surface area contributed by atoms with Gasteiger partial charge in [0.05, 0.1) is 11.7 Å². The molecule has 2 heterocycles. The van der Waals surface area contributed by atoms with Gasteiger partial charge in [-0.25, -0.2) is 4.98 Å². The summed E-state index contributed by atoms with van der Waals surface area (Å²) in [5, 5.41) is 2.51. The predicted octanol–water partition coefficient (Wildman–Crippen LogP) is 3.74. The van der Waals surface area contributed by atoms with Gasteiger partial charge < -0.3 is 10.3 Å². The third-order valence-corrected chi connectivity index (χ3v) is 4.35. The van der Waals surface area contributed by atoms with Crippen LogP contribution in [0.25, 0.3) is 22.0 Å². The zero-order valence-corrected chi connectivity index (χ0v) is 12.2. The molecule has 21 heavy (non-hydrogen) atoms. The molecule has 2 atom stereocenters. The van der Waals surface area contributed by atoms with E-state index in [0.717, 1.165) is 30.0 Å². The molecule has 0 amide bonds. The van der Waals surface area contributed by atoms with Gasteiger partial charge in [0.2, 0.25) is 0 Å². The van der Waals surface area contributed by atoms with Crippen LogP contribution in [0.1, 0.15) is 25.2 Å². The lowest BCUT2D eigenvalue weighted by molar-refractivity contribution is 0.346. The van der Waals surface area contributed by atoms with Crippen molar-refractivity contribution in [1.29, 1.82) is 0 Å². The first-order valence-corrected chi connectivity index (χ1v) is 7.52. The molecule has 2 N–H and O–H groups in total. The highest BCUT2D eigenvalue weighted by molar-refractivity contribution is 5.86. The number of aromatic nitrogens is 2. The first-order chi connectivity index (χ1) is 10.2.